The van der Waals surface area contributed by atoms with Crippen LogP contribution < -0.4 is 4.74 Å². The van der Waals surface area contributed by atoms with Crippen molar-refractivity contribution in [1.29, 1.82) is 0 Å². The van der Waals surface area contributed by atoms with Crippen LogP contribution in [0.2, 0.25) is 0 Å². The molecule has 2 unspecified atom stereocenters. The van der Waals surface area contributed by atoms with Gasteiger partial charge in [-0.15, -0.1) is 11.3 Å². The Labute approximate surface area is 222 Å². The van der Waals surface area contributed by atoms with E-state index >= 15 is 0 Å². The number of thiophene rings is 1. The molecule has 0 aliphatic carbocycles. The van der Waals surface area contributed by atoms with Gasteiger partial charge in [-0.05, 0) is 67.1 Å². The molecule has 1 N–H and O–H groups in total. The molecule has 6 nitrogen and oxygen atoms in total. The summed E-state index contributed by atoms with van der Waals surface area (Å²) in [6.45, 7) is 6.11. The lowest BCUT2D eigenvalue weighted by molar-refractivity contribution is -0.137. The quantitative estimate of drug-likeness (QED) is 0.371. The summed E-state index contributed by atoms with van der Waals surface area (Å²) in [5.41, 5.74) is 2.16. The van der Waals surface area contributed by atoms with Crippen molar-refractivity contribution in [3.05, 3.63) is 87.9 Å². The lowest BCUT2D eigenvalue weighted by Crippen LogP contribution is -2.49. The topological polar surface area (TPSA) is 62.2 Å². The van der Waals surface area contributed by atoms with Crippen LogP contribution in [0.4, 0.5) is 4.39 Å². The van der Waals surface area contributed by atoms with Crippen LogP contribution in [0, 0.1) is 5.82 Å². The van der Waals surface area contributed by atoms with E-state index in [4.69, 9.17) is 9.47 Å². The van der Waals surface area contributed by atoms with Gasteiger partial charge in [0.2, 0.25) is 5.91 Å². The van der Waals surface area contributed by atoms with Gasteiger partial charge >= 0.3 is 0 Å². The van der Waals surface area contributed by atoms with Gasteiger partial charge in [-0.2, -0.15) is 0 Å². The summed E-state index contributed by atoms with van der Waals surface area (Å²) < 4.78 is 25.0. The van der Waals surface area contributed by atoms with E-state index in [1.165, 1.54) is 17.0 Å². The number of benzene rings is 2. The second-order valence-corrected chi connectivity index (χ2v) is 10.6. The highest BCUT2D eigenvalue weighted by atomic mass is 32.1. The first-order valence-electron chi connectivity index (χ1n) is 12.7. The SMILES string of the molecule is CC(C)N(CC(=O)N1CCc2sccc2C1COc1ccc(F)cc1)CC(O)COCc1ccccc1. The molecule has 2 atom stereocenters. The number of nitrogens with zero attached hydrogens (tertiary/aromatic N) is 2. The zero-order valence-corrected chi connectivity index (χ0v) is 22.2. The van der Waals surface area contributed by atoms with Crippen LogP contribution in [0.3, 0.4) is 0 Å². The monoisotopic (exact) mass is 526 g/mol. The Hall–Kier alpha value is -2.78. The number of aliphatic hydroxyl groups is 1. The van der Waals surface area contributed by atoms with E-state index in [0.717, 1.165) is 17.5 Å². The highest BCUT2D eigenvalue weighted by Crippen LogP contribution is 2.34. The number of aliphatic hydroxyl groups excluding tert-OH is 1. The largest absolute Gasteiger partial charge is 0.491 e. The number of amides is 1. The molecule has 3 aromatic rings. The molecule has 0 saturated heterocycles. The van der Waals surface area contributed by atoms with Crippen LogP contribution in [0.15, 0.2) is 66.0 Å². The molecule has 0 fully saturated rings. The van der Waals surface area contributed by atoms with Crippen LogP contribution in [0.5, 0.6) is 5.75 Å². The molecular formula is C29H35FN2O4S. The van der Waals surface area contributed by atoms with Gasteiger partial charge in [0.25, 0.3) is 0 Å². The molecule has 0 saturated carbocycles. The number of halogens is 1. The van der Waals surface area contributed by atoms with Crippen molar-refractivity contribution in [2.45, 2.75) is 45.1 Å². The third-order valence-corrected chi connectivity index (χ3v) is 7.57. The smallest absolute Gasteiger partial charge is 0.237 e. The Morgan fingerprint density at radius 2 is 1.92 bits per heavy atom. The zero-order chi connectivity index (χ0) is 26.2. The van der Waals surface area contributed by atoms with Crippen molar-refractivity contribution in [2.75, 3.05) is 32.8 Å². The number of hydrogen-bond acceptors (Lipinski definition) is 6. The fourth-order valence-electron chi connectivity index (χ4n) is 4.51. The van der Waals surface area contributed by atoms with Gasteiger partial charge in [0.05, 0.1) is 31.9 Å². The van der Waals surface area contributed by atoms with Crippen LogP contribution in [-0.4, -0.2) is 65.8 Å². The van der Waals surface area contributed by atoms with E-state index in [9.17, 15) is 14.3 Å². The van der Waals surface area contributed by atoms with Gasteiger partial charge < -0.3 is 19.5 Å². The molecule has 8 heteroatoms. The van der Waals surface area contributed by atoms with Crippen molar-refractivity contribution in [2.24, 2.45) is 0 Å². The maximum atomic E-state index is 13.6. The standard InChI is InChI=1S/C29H35FN2O4S/c1-21(2)31(16-24(33)19-35-18-22-6-4-3-5-7-22)17-29(34)32-14-12-28-26(13-15-37-28)27(32)20-36-25-10-8-23(30)9-11-25/h3-11,13,15,21,24,27,33H,12,14,16-20H2,1-2H3. The van der Waals surface area contributed by atoms with Crippen LogP contribution in [-0.2, 0) is 22.6 Å². The third kappa shape index (κ3) is 7.61. The van der Waals surface area contributed by atoms with Crippen molar-refractivity contribution in [3.8, 4) is 5.75 Å². The Bertz CT molecular complexity index is 1120. The van der Waals surface area contributed by atoms with Gasteiger partial charge in [0.1, 0.15) is 18.2 Å². The Morgan fingerprint density at radius 3 is 2.65 bits per heavy atom. The predicted octanol–water partition coefficient (Wildman–Crippen LogP) is 4.68. The van der Waals surface area contributed by atoms with Crippen LogP contribution in [0.1, 0.15) is 35.9 Å². The van der Waals surface area contributed by atoms with E-state index in [1.807, 2.05) is 54.0 Å². The van der Waals surface area contributed by atoms with E-state index in [2.05, 4.69) is 11.4 Å². The molecule has 0 bridgehead atoms. The van der Waals surface area contributed by atoms with Crippen molar-refractivity contribution >= 4 is 17.2 Å². The van der Waals surface area contributed by atoms with E-state index in [0.29, 0.717) is 32.1 Å². The molecule has 37 heavy (non-hydrogen) atoms. The molecular weight excluding hydrogens is 491 g/mol. The normalized spacial score (nSPS) is 16.2. The molecule has 1 aliphatic heterocycles. The van der Waals surface area contributed by atoms with E-state index in [-0.39, 0.29) is 37.0 Å². The average Bonchev–Trinajstić information content (AvgIpc) is 3.37. The highest BCUT2D eigenvalue weighted by molar-refractivity contribution is 7.10. The minimum absolute atomic E-state index is 0.00402. The summed E-state index contributed by atoms with van der Waals surface area (Å²) in [6.07, 6.45) is 0.102. The molecule has 0 radical (unpaired) electrons. The second-order valence-electron chi connectivity index (χ2n) is 9.59. The number of carbonyl (C=O) groups excluding carboxylic acids is 1. The van der Waals surface area contributed by atoms with Crippen LogP contribution in [0.25, 0.3) is 0 Å². The van der Waals surface area contributed by atoms with E-state index < -0.39 is 6.10 Å². The predicted molar refractivity (Wildman–Crippen MR) is 143 cm³/mol. The summed E-state index contributed by atoms with van der Waals surface area (Å²) in [4.78, 5) is 18.7. The van der Waals surface area contributed by atoms with Gasteiger partial charge in [-0.1, -0.05) is 30.3 Å². The summed E-state index contributed by atoms with van der Waals surface area (Å²) >= 11 is 1.70. The Morgan fingerprint density at radius 1 is 1.16 bits per heavy atom. The maximum Gasteiger partial charge on any atom is 0.237 e. The first-order chi connectivity index (χ1) is 17.9. The number of carbonyl (C=O) groups is 1. The van der Waals surface area contributed by atoms with Crippen molar-refractivity contribution < 1.29 is 23.8 Å². The number of rotatable bonds is 12. The lowest BCUT2D eigenvalue weighted by atomic mass is 10.00. The number of fused-ring (bicyclic) bond motifs is 1. The van der Waals surface area contributed by atoms with Gasteiger partial charge in [0, 0.05) is 24.0 Å². The van der Waals surface area contributed by atoms with Crippen LogP contribution >= 0.6 is 11.3 Å². The fourth-order valence-corrected chi connectivity index (χ4v) is 5.44. The minimum atomic E-state index is -0.707. The molecule has 1 aliphatic rings. The summed E-state index contributed by atoms with van der Waals surface area (Å²) in [5.74, 6) is 0.248. The number of ether oxygens (including phenoxy) is 2. The first kappa shape index (κ1) is 27.3. The molecule has 0 spiro atoms. The molecule has 2 heterocycles. The van der Waals surface area contributed by atoms with Crippen molar-refractivity contribution in [3.63, 3.8) is 0 Å². The first-order valence-corrected chi connectivity index (χ1v) is 13.6. The minimum Gasteiger partial charge on any atom is -0.491 e. The average molecular weight is 527 g/mol. The molecule has 1 aromatic heterocycles. The van der Waals surface area contributed by atoms with E-state index in [1.54, 1.807) is 23.5 Å². The lowest BCUT2D eigenvalue weighted by Gasteiger charge is -2.38. The Balaban J connectivity index is 1.36. The second kappa shape index (κ2) is 13.1. The molecule has 4 rings (SSSR count). The third-order valence-electron chi connectivity index (χ3n) is 6.57. The summed E-state index contributed by atoms with van der Waals surface area (Å²) in [7, 11) is 0. The van der Waals surface area contributed by atoms with Gasteiger partial charge in [0.15, 0.2) is 0 Å². The molecule has 2 aromatic carbocycles. The Kier molecular flexibility index (Phi) is 9.68. The molecule has 198 valence electrons. The van der Waals surface area contributed by atoms with Gasteiger partial charge in [-0.25, -0.2) is 4.39 Å². The maximum absolute atomic E-state index is 13.6. The summed E-state index contributed by atoms with van der Waals surface area (Å²) in [6, 6.07) is 17.7. The molecule has 1 amide bonds. The fraction of sp³-hybridized carbons (Fsp3) is 0.414. The highest BCUT2D eigenvalue weighted by Gasteiger charge is 2.33. The summed E-state index contributed by atoms with van der Waals surface area (Å²) in [5, 5.41) is 12.7. The van der Waals surface area contributed by atoms with Crippen molar-refractivity contribution in [1.82, 2.24) is 9.80 Å². The zero-order valence-electron chi connectivity index (χ0n) is 21.4. The van der Waals surface area contributed by atoms with Gasteiger partial charge in [-0.3, -0.25) is 9.69 Å². The number of hydrogen-bond donors (Lipinski definition) is 1.